The van der Waals surface area contributed by atoms with Gasteiger partial charge >= 0.3 is 5.69 Å². The number of aromatic nitrogens is 4. The van der Waals surface area contributed by atoms with E-state index < -0.39 is 17.4 Å². The minimum absolute atomic E-state index is 0.285. The fourth-order valence-electron chi connectivity index (χ4n) is 2.60. The Hall–Kier alpha value is -3.26. The van der Waals surface area contributed by atoms with E-state index in [4.69, 9.17) is 11.6 Å². The first-order valence-corrected chi connectivity index (χ1v) is 7.98. The van der Waals surface area contributed by atoms with Gasteiger partial charge in [0, 0.05) is 16.1 Å². The first-order valence-electron chi connectivity index (χ1n) is 7.60. The molecule has 0 atom stereocenters. The van der Waals surface area contributed by atoms with E-state index in [0.717, 1.165) is 4.68 Å². The number of carbonyl (C=O) groups is 1. The monoisotopic (exact) mass is 371 g/mol. The molecule has 2 heterocycles. The van der Waals surface area contributed by atoms with Gasteiger partial charge in [0.25, 0.3) is 0 Å². The minimum Gasteiger partial charge on any atom is -0.324 e. The fourth-order valence-corrected chi connectivity index (χ4v) is 2.77. The Balaban J connectivity index is 1.67. The summed E-state index contributed by atoms with van der Waals surface area (Å²) in [6.45, 7) is -0.285. The van der Waals surface area contributed by atoms with Gasteiger partial charge in [-0.15, -0.1) is 5.10 Å². The van der Waals surface area contributed by atoms with E-state index in [1.54, 1.807) is 18.2 Å². The zero-order valence-corrected chi connectivity index (χ0v) is 13.9. The lowest BCUT2D eigenvalue weighted by Gasteiger charge is -2.04. The second-order valence-electron chi connectivity index (χ2n) is 5.59. The highest BCUT2D eigenvalue weighted by Gasteiger charge is 2.14. The Labute approximate surface area is 150 Å². The molecule has 0 aliphatic carbocycles. The number of fused-ring (bicyclic) bond motifs is 3. The molecule has 130 valence electrons. The third-order valence-corrected chi connectivity index (χ3v) is 4.04. The molecule has 0 unspecified atom stereocenters. The van der Waals surface area contributed by atoms with Gasteiger partial charge in [0.05, 0.1) is 5.52 Å². The predicted molar refractivity (Wildman–Crippen MR) is 94.8 cm³/mol. The zero-order valence-electron chi connectivity index (χ0n) is 13.2. The van der Waals surface area contributed by atoms with Crippen LogP contribution in [-0.2, 0) is 11.3 Å². The van der Waals surface area contributed by atoms with Crippen LogP contribution in [0.2, 0.25) is 5.02 Å². The van der Waals surface area contributed by atoms with Crippen LogP contribution in [0.3, 0.4) is 0 Å². The molecule has 1 amide bonds. The van der Waals surface area contributed by atoms with Crippen LogP contribution in [0.1, 0.15) is 0 Å². The maximum absolute atomic E-state index is 12.9. The van der Waals surface area contributed by atoms with Crippen LogP contribution in [0.4, 0.5) is 10.1 Å². The topological polar surface area (TPSA) is 81.3 Å². The summed E-state index contributed by atoms with van der Waals surface area (Å²) in [6.07, 6.45) is 1.34. The molecule has 4 aromatic rings. The molecule has 0 radical (unpaired) electrons. The third-order valence-electron chi connectivity index (χ3n) is 3.80. The summed E-state index contributed by atoms with van der Waals surface area (Å²) < 4.78 is 15.2. The van der Waals surface area contributed by atoms with Gasteiger partial charge < -0.3 is 5.32 Å². The van der Waals surface area contributed by atoms with Gasteiger partial charge in [-0.2, -0.15) is 0 Å². The zero-order chi connectivity index (χ0) is 18.3. The lowest BCUT2D eigenvalue weighted by Crippen LogP contribution is -2.28. The molecule has 26 heavy (non-hydrogen) atoms. The molecule has 2 aromatic heterocycles. The lowest BCUT2D eigenvalue weighted by molar-refractivity contribution is -0.117. The first-order chi connectivity index (χ1) is 12.5. The molecule has 2 aromatic carbocycles. The molecular formula is C17H11ClFN5O2. The maximum Gasteiger partial charge on any atom is 0.352 e. The largest absolute Gasteiger partial charge is 0.352 e. The average Bonchev–Trinajstić information content (AvgIpc) is 2.93. The van der Waals surface area contributed by atoms with Crippen molar-refractivity contribution in [3.8, 4) is 0 Å². The Morgan fingerprint density at radius 3 is 2.73 bits per heavy atom. The minimum atomic E-state index is -0.487. The summed E-state index contributed by atoms with van der Waals surface area (Å²) in [5.74, 6) is -0.860. The van der Waals surface area contributed by atoms with Crippen molar-refractivity contribution in [1.82, 2.24) is 19.2 Å². The Kier molecular flexibility index (Phi) is 3.89. The van der Waals surface area contributed by atoms with Crippen molar-refractivity contribution in [3.05, 3.63) is 70.1 Å². The molecule has 0 saturated heterocycles. The van der Waals surface area contributed by atoms with Crippen molar-refractivity contribution in [3.63, 3.8) is 0 Å². The Bertz CT molecular complexity index is 1200. The van der Waals surface area contributed by atoms with Crippen LogP contribution < -0.4 is 11.0 Å². The maximum atomic E-state index is 12.9. The number of rotatable bonds is 3. The van der Waals surface area contributed by atoms with Crippen LogP contribution in [0, 0.1) is 5.82 Å². The molecule has 0 fully saturated rings. The fraction of sp³-hybridized carbons (Fsp3) is 0.0588. The van der Waals surface area contributed by atoms with Crippen LogP contribution in [0.15, 0.2) is 53.6 Å². The normalized spacial score (nSPS) is 11.2. The molecule has 0 saturated carbocycles. The van der Waals surface area contributed by atoms with Crippen molar-refractivity contribution in [2.75, 3.05) is 5.32 Å². The van der Waals surface area contributed by atoms with Gasteiger partial charge in [-0.25, -0.2) is 23.3 Å². The summed E-state index contributed by atoms with van der Waals surface area (Å²) in [5, 5.41) is 7.98. The lowest BCUT2D eigenvalue weighted by atomic mass is 10.2. The number of benzene rings is 2. The molecular weight excluding hydrogens is 361 g/mol. The molecule has 0 aliphatic heterocycles. The highest BCUT2D eigenvalue weighted by atomic mass is 35.5. The quantitative estimate of drug-likeness (QED) is 0.600. The van der Waals surface area contributed by atoms with Crippen LogP contribution in [0.5, 0.6) is 0 Å². The van der Waals surface area contributed by atoms with Gasteiger partial charge in [-0.3, -0.25) is 4.79 Å². The molecule has 1 N–H and O–H groups in total. The number of nitrogens with one attached hydrogen (secondary N) is 1. The van der Waals surface area contributed by atoms with Crippen molar-refractivity contribution in [1.29, 1.82) is 0 Å². The summed E-state index contributed by atoms with van der Waals surface area (Å²) in [6, 6.07) is 10.4. The van der Waals surface area contributed by atoms with E-state index in [-0.39, 0.29) is 6.54 Å². The van der Waals surface area contributed by atoms with Gasteiger partial charge in [0.1, 0.15) is 18.7 Å². The summed E-state index contributed by atoms with van der Waals surface area (Å²) in [4.78, 5) is 28.8. The Morgan fingerprint density at radius 1 is 1.19 bits per heavy atom. The van der Waals surface area contributed by atoms with E-state index in [1.807, 2.05) is 0 Å². The van der Waals surface area contributed by atoms with Gasteiger partial charge in [-0.05, 0) is 42.5 Å². The number of anilines is 1. The molecule has 7 nitrogen and oxygen atoms in total. The summed E-state index contributed by atoms with van der Waals surface area (Å²) in [7, 11) is 0. The second kappa shape index (κ2) is 6.23. The van der Waals surface area contributed by atoms with E-state index >= 15 is 0 Å². The van der Waals surface area contributed by atoms with Gasteiger partial charge in [0.2, 0.25) is 5.91 Å². The van der Waals surface area contributed by atoms with E-state index in [2.05, 4.69) is 15.4 Å². The SMILES string of the molecule is O=C(Cn1nc2c3ccc(Cl)cc3ncn2c1=O)Nc1ccc(F)cc1. The highest BCUT2D eigenvalue weighted by Crippen LogP contribution is 2.19. The number of amides is 1. The van der Waals surface area contributed by atoms with Crippen molar-refractivity contribution < 1.29 is 9.18 Å². The molecule has 0 spiro atoms. The van der Waals surface area contributed by atoms with E-state index in [0.29, 0.717) is 27.3 Å². The first kappa shape index (κ1) is 16.2. The van der Waals surface area contributed by atoms with E-state index in [9.17, 15) is 14.0 Å². The van der Waals surface area contributed by atoms with Crippen LogP contribution in [0.25, 0.3) is 16.6 Å². The number of hydrogen-bond acceptors (Lipinski definition) is 4. The van der Waals surface area contributed by atoms with Crippen LogP contribution >= 0.6 is 11.6 Å². The summed E-state index contributed by atoms with van der Waals surface area (Å²) >= 11 is 5.95. The summed E-state index contributed by atoms with van der Waals surface area (Å²) in [5.41, 5.74) is 0.915. The second-order valence-corrected chi connectivity index (χ2v) is 6.03. The van der Waals surface area contributed by atoms with Crippen molar-refractivity contribution in [2.24, 2.45) is 0 Å². The predicted octanol–water partition coefficient (Wildman–Crippen LogP) is 2.48. The molecule has 0 bridgehead atoms. The molecule has 0 aliphatic rings. The number of hydrogen-bond donors (Lipinski definition) is 1. The number of carbonyl (C=O) groups excluding carboxylic acids is 1. The highest BCUT2D eigenvalue weighted by molar-refractivity contribution is 6.31. The average molecular weight is 372 g/mol. The third kappa shape index (κ3) is 2.91. The smallest absolute Gasteiger partial charge is 0.324 e. The standard InChI is InChI=1S/C17H11ClFN5O2/c18-10-1-6-13-14(7-10)20-9-23-16(13)22-24(17(23)26)8-15(25)21-12-4-2-11(19)3-5-12/h1-7,9H,8H2,(H,21,25). The van der Waals surface area contributed by atoms with Crippen molar-refractivity contribution in [2.45, 2.75) is 6.54 Å². The Morgan fingerprint density at radius 2 is 1.96 bits per heavy atom. The van der Waals surface area contributed by atoms with Crippen molar-refractivity contribution >= 4 is 39.7 Å². The van der Waals surface area contributed by atoms with Gasteiger partial charge in [-0.1, -0.05) is 11.6 Å². The molecule has 4 rings (SSSR count). The number of halogens is 2. The van der Waals surface area contributed by atoms with Crippen LogP contribution in [-0.4, -0.2) is 25.1 Å². The number of nitrogens with zero attached hydrogens (tertiary/aromatic N) is 4. The molecule has 9 heteroatoms. The van der Waals surface area contributed by atoms with E-state index in [1.165, 1.54) is 35.0 Å². The van der Waals surface area contributed by atoms with Gasteiger partial charge in [0.15, 0.2) is 5.65 Å².